The van der Waals surface area contributed by atoms with E-state index < -0.39 is 99.9 Å². The van der Waals surface area contributed by atoms with Gasteiger partial charge in [-0.2, -0.15) is 96.6 Å². The van der Waals surface area contributed by atoms with Crippen LogP contribution < -0.4 is 20.9 Å². The second-order valence-corrected chi connectivity index (χ2v) is 11.0. The first-order valence-electron chi connectivity index (χ1n) is 13.0. The Balaban J connectivity index is 2.58. The van der Waals surface area contributed by atoms with Gasteiger partial charge < -0.3 is 20.9 Å². The molecule has 4 nitrogen and oxygen atoms in total. The van der Waals surface area contributed by atoms with Crippen molar-refractivity contribution in [1.82, 2.24) is 0 Å². The smallest absolute Gasteiger partial charge is 0.427 e. The molecule has 0 saturated carbocycles. The van der Waals surface area contributed by atoms with Crippen LogP contribution in [0.3, 0.4) is 0 Å². The van der Waals surface area contributed by atoms with Crippen molar-refractivity contribution >= 4 is 11.4 Å². The van der Waals surface area contributed by atoms with Crippen LogP contribution in [0, 0.1) is 0 Å². The summed E-state index contributed by atoms with van der Waals surface area (Å²) in [6.07, 6.45) is -14.8. The van der Waals surface area contributed by atoms with Crippen molar-refractivity contribution in [2.45, 2.75) is 67.2 Å². The molecular weight excluding hydrogens is 802 g/mol. The summed E-state index contributed by atoms with van der Waals surface area (Å²) in [5, 5.41) is 0. The number of anilines is 2. The van der Waals surface area contributed by atoms with Crippen molar-refractivity contribution in [3.8, 4) is 11.5 Å². The quantitative estimate of drug-likeness (QED) is 0.127. The number of alkyl halides is 18. The molecular formula is C27H16F22N2O2. The number of halogens is 22. The fraction of sp³-hybridized carbons (Fsp3) is 0.407. The summed E-state index contributed by atoms with van der Waals surface area (Å²) in [4.78, 5) is 0. The maximum atomic E-state index is 14.3. The van der Waals surface area contributed by atoms with Crippen molar-refractivity contribution in [2.24, 2.45) is 0 Å². The van der Waals surface area contributed by atoms with E-state index in [0.29, 0.717) is 24.3 Å². The highest BCUT2D eigenvalue weighted by Gasteiger charge is 2.84. The molecule has 4 N–H and O–H groups in total. The Morgan fingerprint density at radius 3 is 0.962 bits per heavy atom. The first-order chi connectivity index (χ1) is 23.4. The van der Waals surface area contributed by atoms with Crippen LogP contribution in [0.25, 0.3) is 0 Å². The minimum atomic E-state index is -7.66. The molecule has 0 aliphatic carbocycles. The monoisotopic (exact) mass is 818 g/mol. The summed E-state index contributed by atoms with van der Waals surface area (Å²) in [5.41, 5.74) is 6.42. The molecule has 300 valence electrons. The van der Waals surface area contributed by atoms with Crippen molar-refractivity contribution in [3.05, 3.63) is 71.2 Å². The van der Waals surface area contributed by atoms with Crippen molar-refractivity contribution < 1.29 is 106 Å². The summed E-state index contributed by atoms with van der Waals surface area (Å²) in [6.45, 7) is 2.14. The molecule has 0 spiro atoms. The average Bonchev–Trinajstić information content (AvgIpc) is 3.00. The van der Waals surface area contributed by atoms with Gasteiger partial charge in [-0.1, -0.05) is 26.0 Å². The van der Waals surface area contributed by atoms with Crippen LogP contribution in [0.2, 0.25) is 0 Å². The fourth-order valence-corrected chi connectivity index (χ4v) is 3.75. The predicted molar refractivity (Wildman–Crippen MR) is 135 cm³/mol. The molecule has 0 aromatic heterocycles. The first kappa shape index (κ1) is 44.7. The topological polar surface area (TPSA) is 70.5 Å². The SMILES string of the molecule is CC(C)(c1ccc(N)c(OC(F)=C(F)C(F)(F)C(F)(F)C(F)(F)C(F)(F)F)c1)c1ccc(N)c(OC(F)=C(F)C(F)(F)C(F)(F)C(F)(F)C(F)(F)F)c1. The van der Waals surface area contributed by atoms with Crippen LogP contribution in [-0.4, -0.2) is 47.9 Å². The maximum Gasteiger partial charge on any atom is 0.460 e. The lowest BCUT2D eigenvalue weighted by atomic mass is 9.78. The van der Waals surface area contributed by atoms with E-state index in [1.54, 1.807) is 0 Å². The number of allylic oxidation sites excluding steroid dienone is 2. The standard InChI is InChI=1S/C27H16F22N2O2/c1-19(2,9-3-5-11(50)13(7-9)52-17(30)15(28)20(32,33)22(36,37)24(40,41)26(44,45)46)10-4-6-12(51)14(8-10)53-18(31)16(29)21(34,35)23(38,39)25(42,43)27(47,48)49/h3-8H,50-51H2,1-2H3. The van der Waals surface area contributed by atoms with Gasteiger partial charge in [0.2, 0.25) is 11.7 Å². The van der Waals surface area contributed by atoms with Gasteiger partial charge in [0.25, 0.3) is 0 Å². The number of nitrogens with two attached hydrogens (primary N) is 2. The van der Waals surface area contributed by atoms with Gasteiger partial charge in [0.05, 0.1) is 11.4 Å². The minimum Gasteiger partial charge on any atom is -0.427 e. The highest BCUT2D eigenvalue weighted by Crippen LogP contribution is 2.57. The Bertz CT molecular complexity index is 1630. The zero-order chi connectivity index (χ0) is 41.9. The van der Waals surface area contributed by atoms with Gasteiger partial charge in [-0.15, -0.1) is 0 Å². The summed E-state index contributed by atoms with van der Waals surface area (Å²) >= 11 is 0. The van der Waals surface area contributed by atoms with Crippen LogP contribution in [0.15, 0.2) is 60.1 Å². The molecule has 0 unspecified atom stereocenters. The number of hydrogen-bond donors (Lipinski definition) is 2. The van der Waals surface area contributed by atoms with E-state index in [2.05, 4.69) is 9.47 Å². The Kier molecular flexibility index (Phi) is 11.4. The zero-order valence-electron chi connectivity index (χ0n) is 25.3. The third-order valence-corrected chi connectivity index (χ3v) is 7.06. The lowest BCUT2D eigenvalue weighted by molar-refractivity contribution is -0.392. The van der Waals surface area contributed by atoms with E-state index in [1.165, 1.54) is 0 Å². The van der Waals surface area contributed by atoms with E-state index in [0.717, 1.165) is 26.0 Å². The molecule has 0 amide bonds. The molecule has 2 aromatic rings. The largest absolute Gasteiger partial charge is 0.460 e. The molecule has 0 aliphatic rings. The minimum absolute atomic E-state index is 0.380. The van der Waals surface area contributed by atoms with Gasteiger partial charge in [-0.05, 0) is 35.4 Å². The van der Waals surface area contributed by atoms with Crippen LogP contribution in [0.5, 0.6) is 11.5 Å². The van der Waals surface area contributed by atoms with E-state index in [-0.39, 0.29) is 11.1 Å². The predicted octanol–water partition coefficient (Wildman–Crippen LogP) is 11.1. The molecule has 0 aliphatic heterocycles. The van der Waals surface area contributed by atoms with E-state index in [1.807, 2.05) is 0 Å². The second-order valence-electron chi connectivity index (χ2n) is 11.0. The normalized spacial score (nSPS) is 15.5. The molecule has 2 rings (SSSR count). The van der Waals surface area contributed by atoms with Crippen molar-refractivity contribution in [1.29, 1.82) is 0 Å². The Morgan fingerprint density at radius 2 is 0.717 bits per heavy atom. The summed E-state index contributed by atoms with van der Waals surface area (Å²) in [5.74, 6) is -56.3. The van der Waals surface area contributed by atoms with Gasteiger partial charge in [0.1, 0.15) is 0 Å². The van der Waals surface area contributed by atoms with Crippen LogP contribution in [-0.2, 0) is 5.41 Å². The molecule has 0 radical (unpaired) electrons. The molecule has 0 heterocycles. The number of hydrogen-bond acceptors (Lipinski definition) is 4. The van der Waals surface area contributed by atoms with Crippen molar-refractivity contribution in [2.75, 3.05) is 11.5 Å². The first-order valence-corrected chi connectivity index (χ1v) is 13.0. The van der Waals surface area contributed by atoms with Gasteiger partial charge >= 0.3 is 59.9 Å². The molecule has 0 fully saturated rings. The lowest BCUT2D eigenvalue weighted by Gasteiger charge is -2.32. The van der Waals surface area contributed by atoms with Gasteiger partial charge in [-0.3, -0.25) is 0 Å². The number of ether oxygens (including phenoxy) is 2. The third kappa shape index (κ3) is 7.40. The second kappa shape index (κ2) is 13.5. The molecule has 0 bridgehead atoms. The van der Waals surface area contributed by atoms with Gasteiger partial charge in [-0.25, -0.2) is 0 Å². The number of rotatable bonds is 12. The lowest BCUT2D eigenvalue weighted by Crippen LogP contribution is -2.61. The van der Waals surface area contributed by atoms with Gasteiger partial charge in [0, 0.05) is 5.41 Å². The zero-order valence-corrected chi connectivity index (χ0v) is 25.3. The van der Waals surface area contributed by atoms with E-state index in [4.69, 9.17) is 11.5 Å². The Labute approximate surface area is 279 Å². The number of nitrogen functional groups attached to an aromatic ring is 2. The summed E-state index contributed by atoms with van der Waals surface area (Å²) in [7, 11) is 0. The highest BCUT2D eigenvalue weighted by molar-refractivity contribution is 5.60. The van der Waals surface area contributed by atoms with Crippen LogP contribution in [0.1, 0.15) is 25.0 Å². The van der Waals surface area contributed by atoms with E-state index >= 15 is 0 Å². The van der Waals surface area contributed by atoms with Gasteiger partial charge in [0.15, 0.2) is 11.5 Å². The van der Waals surface area contributed by atoms with Crippen LogP contribution in [0.4, 0.5) is 108 Å². The average molecular weight is 818 g/mol. The molecule has 26 heteroatoms. The summed E-state index contributed by atoms with van der Waals surface area (Å²) < 4.78 is 300. The Morgan fingerprint density at radius 1 is 0.453 bits per heavy atom. The third-order valence-electron chi connectivity index (χ3n) is 7.06. The van der Waals surface area contributed by atoms with Crippen LogP contribution >= 0.6 is 0 Å². The highest BCUT2D eigenvalue weighted by atomic mass is 19.4. The van der Waals surface area contributed by atoms with E-state index in [9.17, 15) is 96.6 Å². The molecule has 0 saturated heterocycles. The molecule has 0 atom stereocenters. The van der Waals surface area contributed by atoms with Crippen molar-refractivity contribution in [3.63, 3.8) is 0 Å². The molecule has 2 aromatic carbocycles. The summed E-state index contributed by atoms with van der Waals surface area (Å²) in [6, 6.07) is -3.00. The molecule has 53 heavy (non-hydrogen) atoms. The number of benzene rings is 2. The fourth-order valence-electron chi connectivity index (χ4n) is 3.75. The maximum absolute atomic E-state index is 14.3. The Hall–Kier alpha value is -4.42.